The first-order valence-corrected chi connectivity index (χ1v) is 9.89. The summed E-state index contributed by atoms with van der Waals surface area (Å²) in [6, 6.07) is 0. The fourth-order valence-corrected chi connectivity index (χ4v) is 3.39. The fourth-order valence-electron chi connectivity index (χ4n) is 3.39. The van der Waals surface area contributed by atoms with Crippen LogP contribution in [-0.2, 0) is 9.59 Å². The van der Waals surface area contributed by atoms with Gasteiger partial charge < -0.3 is 19.8 Å². The quantitative estimate of drug-likeness (QED) is 0.380. The van der Waals surface area contributed by atoms with Gasteiger partial charge in [-0.25, -0.2) is 0 Å². The standard InChI is InChI=1S/C20H38O4/c1-3-5-7-9-11-15-20(19(23)24,17-13-14-18(21)22)16-12-10-8-6-4-2/h3-17H2,1-2H3,(H,21,22)(H,23,24)/p-2. The highest BCUT2D eigenvalue weighted by Gasteiger charge is 2.30. The molecule has 0 saturated carbocycles. The molecule has 0 bridgehead atoms. The van der Waals surface area contributed by atoms with Crippen molar-refractivity contribution in [3.8, 4) is 0 Å². The molecule has 0 rings (SSSR count). The molecule has 0 aromatic heterocycles. The topological polar surface area (TPSA) is 80.3 Å². The molecule has 0 aromatic rings. The Morgan fingerprint density at radius 3 is 1.46 bits per heavy atom. The van der Waals surface area contributed by atoms with E-state index in [1.54, 1.807) is 0 Å². The summed E-state index contributed by atoms with van der Waals surface area (Å²) in [7, 11) is 0. The number of carboxylic acids is 2. The highest BCUT2D eigenvalue weighted by Crippen LogP contribution is 2.36. The third kappa shape index (κ3) is 10.7. The molecule has 0 aromatic carbocycles. The second-order valence-electron chi connectivity index (χ2n) is 7.12. The molecule has 0 spiro atoms. The number of hydrogen-bond donors (Lipinski definition) is 0. The number of carbonyl (C=O) groups is 2. The summed E-state index contributed by atoms with van der Waals surface area (Å²) in [6.07, 6.45) is 12.7. The molecule has 0 amide bonds. The molecule has 142 valence electrons. The summed E-state index contributed by atoms with van der Waals surface area (Å²) >= 11 is 0. The highest BCUT2D eigenvalue weighted by molar-refractivity contribution is 5.72. The lowest BCUT2D eigenvalue weighted by atomic mass is 9.74. The van der Waals surface area contributed by atoms with Gasteiger partial charge in [-0.2, -0.15) is 0 Å². The van der Waals surface area contributed by atoms with Crippen molar-refractivity contribution in [1.82, 2.24) is 0 Å². The molecule has 24 heavy (non-hydrogen) atoms. The minimum Gasteiger partial charge on any atom is -0.550 e. The van der Waals surface area contributed by atoms with Gasteiger partial charge in [-0.05, 0) is 32.1 Å². The molecule has 4 heteroatoms. The van der Waals surface area contributed by atoms with Gasteiger partial charge in [0.15, 0.2) is 0 Å². The van der Waals surface area contributed by atoms with E-state index < -0.39 is 17.4 Å². The van der Waals surface area contributed by atoms with Crippen LogP contribution in [0.1, 0.15) is 110 Å². The Bertz CT molecular complexity index is 325. The van der Waals surface area contributed by atoms with Crippen molar-refractivity contribution < 1.29 is 19.8 Å². The summed E-state index contributed by atoms with van der Waals surface area (Å²) in [5.74, 6) is -2.10. The second kappa shape index (κ2) is 14.3. The average molecular weight is 341 g/mol. The Hall–Kier alpha value is -1.06. The van der Waals surface area contributed by atoms with Crippen molar-refractivity contribution in [1.29, 1.82) is 0 Å². The minimum absolute atomic E-state index is 0.0688. The maximum atomic E-state index is 11.9. The van der Waals surface area contributed by atoms with Crippen LogP contribution in [0.25, 0.3) is 0 Å². The van der Waals surface area contributed by atoms with Gasteiger partial charge in [0.05, 0.1) is 0 Å². The molecule has 0 N–H and O–H groups in total. The van der Waals surface area contributed by atoms with Crippen molar-refractivity contribution in [2.75, 3.05) is 0 Å². The van der Waals surface area contributed by atoms with Crippen molar-refractivity contribution in [3.05, 3.63) is 0 Å². The Morgan fingerprint density at radius 1 is 0.667 bits per heavy atom. The average Bonchev–Trinajstić information content (AvgIpc) is 2.53. The molecule has 0 radical (unpaired) electrons. The molecule has 0 aliphatic heterocycles. The number of aliphatic carboxylic acids is 2. The SMILES string of the molecule is CCCCCCCC(CCCCCCC)(CCCC(=O)[O-])C(=O)[O-]. The summed E-state index contributed by atoms with van der Waals surface area (Å²) in [5, 5.41) is 22.5. The van der Waals surface area contributed by atoms with Gasteiger partial charge in [0.2, 0.25) is 0 Å². The smallest absolute Gasteiger partial charge is 0.0476 e. The zero-order valence-electron chi connectivity index (χ0n) is 15.7. The zero-order chi connectivity index (χ0) is 18.3. The number of carbonyl (C=O) groups excluding carboxylic acids is 2. The normalized spacial score (nSPS) is 11.6. The van der Waals surface area contributed by atoms with E-state index in [1.807, 2.05) is 0 Å². The van der Waals surface area contributed by atoms with Gasteiger partial charge in [-0.1, -0.05) is 78.1 Å². The zero-order valence-corrected chi connectivity index (χ0v) is 15.7. The molecule has 4 nitrogen and oxygen atoms in total. The molecule has 0 heterocycles. The summed E-state index contributed by atoms with van der Waals surface area (Å²) in [5.41, 5.74) is -0.853. The highest BCUT2D eigenvalue weighted by atomic mass is 16.4. The van der Waals surface area contributed by atoms with Gasteiger partial charge in [0, 0.05) is 17.4 Å². The summed E-state index contributed by atoms with van der Waals surface area (Å²) in [4.78, 5) is 22.5. The van der Waals surface area contributed by atoms with Crippen LogP contribution in [0.4, 0.5) is 0 Å². The molecule has 0 atom stereocenters. The molecule has 0 unspecified atom stereocenters. The lowest BCUT2D eigenvalue weighted by molar-refractivity contribution is -0.321. The molecule has 0 fully saturated rings. The third-order valence-corrected chi connectivity index (χ3v) is 4.99. The maximum Gasteiger partial charge on any atom is 0.0476 e. The lowest BCUT2D eigenvalue weighted by Crippen LogP contribution is -2.42. The van der Waals surface area contributed by atoms with E-state index >= 15 is 0 Å². The van der Waals surface area contributed by atoms with E-state index in [1.165, 1.54) is 12.8 Å². The monoisotopic (exact) mass is 340 g/mol. The number of unbranched alkanes of at least 4 members (excludes halogenated alkanes) is 8. The van der Waals surface area contributed by atoms with Crippen LogP contribution in [0, 0.1) is 5.41 Å². The van der Waals surface area contributed by atoms with Crippen molar-refractivity contribution >= 4 is 11.9 Å². The maximum absolute atomic E-state index is 11.9. The van der Waals surface area contributed by atoms with Gasteiger partial charge in [0.25, 0.3) is 0 Å². The predicted molar refractivity (Wildman–Crippen MR) is 93.1 cm³/mol. The fraction of sp³-hybridized carbons (Fsp3) is 0.900. The van der Waals surface area contributed by atoms with Gasteiger partial charge in [-0.15, -0.1) is 0 Å². The van der Waals surface area contributed by atoms with E-state index in [-0.39, 0.29) is 6.42 Å². The summed E-state index contributed by atoms with van der Waals surface area (Å²) < 4.78 is 0. The van der Waals surface area contributed by atoms with E-state index in [0.29, 0.717) is 25.7 Å². The van der Waals surface area contributed by atoms with E-state index in [9.17, 15) is 19.8 Å². The molecular weight excluding hydrogens is 304 g/mol. The Morgan fingerprint density at radius 2 is 1.08 bits per heavy atom. The molecule has 0 aliphatic rings. The second-order valence-corrected chi connectivity index (χ2v) is 7.12. The molecule has 0 saturated heterocycles. The van der Waals surface area contributed by atoms with Gasteiger partial charge in [0.1, 0.15) is 0 Å². The van der Waals surface area contributed by atoms with Crippen molar-refractivity contribution in [2.24, 2.45) is 5.41 Å². The van der Waals surface area contributed by atoms with E-state index in [0.717, 1.165) is 51.4 Å². The minimum atomic E-state index is -1.10. The van der Waals surface area contributed by atoms with E-state index in [2.05, 4.69) is 13.8 Å². The van der Waals surface area contributed by atoms with Crippen LogP contribution in [0.3, 0.4) is 0 Å². The third-order valence-electron chi connectivity index (χ3n) is 4.99. The lowest BCUT2D eigenvalue weighted by Gasteiger charge is -2.35. The number of hydrogen-bond acceptors (Lipinski definition) is 4. The summed E-state index contributed by atoms with van der Waals surface area (Å²) in [6.45, 7) is 4.31. The first kappa shape index (κ1) is 22.9. The molecular formula is C20H36O4-2. The Balaban J connectivity index is 4.57. The van der Waals surface area contributed by atoms with Crippen LogP contribution in [-0.4, -0.2) is 11.9 Å². The van der Waals surface area contributed by atoms with Crippen molar-refractivity contribution in [2.45, 2.75) is 110 Å². The first-order chi connectivity index (χ1) is 11.5. The Kier molecular flexibility index (Phi) is 13.7. The number of carboxylic acid groups (broad SMARTS) is 2. The first-order valence-electron chi connectivity index (χ1n) is 9.89. The van der Waals surface area contributed by atoms with Crippen LogP contribution < -0.4 is 10.2 Å². The molecule has 0 aliphatic carbocycles. The van der Waals surface area contributed by atoms with Crippen molar-refractivity contribution in [3.63, 3.8) is 0 Å². The van der Waals surface area contributed by atoms with Crippen LogP contribution in [0.5, 0.6) is 0 Å². The van der Waals surface area contributed by atoms with Gasteiger partial charge in [-0.3, -0.25) is 0 Å². The Labute approximate surface area is 148 Å². The van der Waals surface area contributed by atoms with E-state index in [4.69, 9.17) is 0 Å². The van der Waals surface area contributed by atoms with Crippen LogP contribution >= 0.6 is 0 Å². The van der Waals surface area contributed by atoms with Crippen LogP contribution in [0.2, 0.25) is 0 Å². The predicted octanol–water partition coefficient (Wildman–Crippen LogP) is 3.36. The van der Waals surface area contributed by atoms with Gasteiger partial charge >= 0.3 is 0 Å². The largest absolute Gasteiger partial charge is 0.550 e. The number of rotatable bonds is 17. The van der Waals surface area contributed by atoms with Crippen LogP contribution in [0.15, 0.2) is 0 Å².